The van der Waals surface area contributed by atoms with Crippen molar-refractivity contribution >= 4 is 5.91 Å². The molecule has 0 saturated carbocycles. The minimum Gasteiger partial charge on any atom is -0.395 e. The fraction of sp³-hybridized carbons (Fsp3) is 0.750. The molecule has 0 bridgehead atoms. The van der Waals surface area contributed by atoms with E-state index in [9.17, 15) is 4.79 Å². The van der Waals surface area contributed by atoms with Crippen molar-refractivity contribution in [1.29, 1.82) is 0 Å². The third kappa shape index (κ3) is 18.9. The van der Waals surface area contributed by atoms with Crippen molar-refractivity contribution in [2.75, 3.05) is 13.2 Å². The zero-order chi connectivity index (χ0) is 17.0. The van der Waals surface area contributed by atoms with Crippen molar-refractivity contribution in [3.63, 3.8) is 0 Å². The molecule has 0 aromatic rings. The van der Waals surface area contributed by atoms with E-state index in [0.29, 0.717) is 13.0 Å². The average molecular weight is 324 g/mol. The Labute approximate surface area is 143 Å². The molecule has 0 aromatic heterocycles. The number of allylic oxidation sites excluding steroid dienone is 4. The van der Waals surface area contributed by atoms with Gasteiger partial charge in [0, 0.05) is 13.0 Å². The van der Waals surface area contributed by atoms with Crippen LogP contribution < -0.4 is 5.32 Å². The number of hydrogen-bond donors (Lipinski definition) is 2. The van der Waals surface area contributed by atoms with Crippen LogP contribution in [0.25, 0.3) is 0 Å². The molecule has 0 fully saturated rings. The highest BCUT2D eigenvalue weighted by Gasteiger charge is 1.99. The predicted molar refractivity (Wildman–Crippen MR) is 99.5 cm³/mol. The first-order chi connectivity index (χ1) is 11.3. The van der Waals surface area contributed by atoms with Crippen LogP contribution in [0.15, 0.2) is 24.3 Å². The molecular weight excluding hydrogens is 286 g/mol. The molecule has 0 saturated heterocycles. The molecule has 3 nitrogen and oxygen atoms in total. The van der Waals surface area contributed by atoms with E-state index in [1.807, 2.05) is 0 Å². The van der Waals surface area contributed by atoms with Gasteiger partial charge >= 0.3 is 0 Å². The molecule has 0 spiro atoms. The van der Waals surface area contributed by atoms with Crippen LogP contribution in [0, 0.1) is 0 Å². The first kappa shape index (κ1) is 21.9. The Morgan fingerprint density at radius 3 is 2.13 bits per heavy atom. The van der Waals surface area contributed by atoms with Crippen LogP contribution in [0.3, 0.4) is 0 Å². The summed E-state index contributed by atoms with van der Waals surface area (Å²) in [4.78, 5) is 11.3. The third-order valence-corrected chi connectivity index (χ3v) is 3.80. The quantitative estimate of drug-likeness (QED) is 0.313. The van der Waals surface area contributed by atoms with Gasteiger partial charge in [0.05, 0.1) is 6.61 Å². The van der Waals surface area contributed by atoms with Gasteiger partial charge in [-0.05, 0) is 32.1 Å². The van der Waals surface area contributed by atoms with Crippen LogP contribution >= 0.6 is 0 Å². The van der Waals surface area contributed by atoms with E-state index in [4.69, 9.17) is 5.11 Å². The number of nitrogens with one attached hydrogen (secondary N) is 1. The Bertz CT molecular complexity index is 311. The van der Waals surface area contributed by atoms with E-state index in [1.54, 1.807) is 0 Å². The normalized spacial score (nSPS) is 11.6. The Balaban J connectivity index is 3.16. The zero-order valence-corrected chi connectivity index (χ0v) is 15.1. The molecule has 23 heavy (non-hydrogen) atoms. The monoisotopic (exact) mass is 323 g/mol. The van der Waals surface area contributed by atoms with Gasteiger partial charge in [0.2, 0.25) is 5.91 Å². The standard InChI is InChI=1S/C20H37NO2/c1-2-3-4-5-6-7-8-9-10-11-12-13-14-15-16-17-20(23)21-18-19-22/h3-4,6-7,22H,2,5,8-19H2,1H3,(H,21,23)/b4-3-,7-6-. The molecule has 0 aliphatic heterocycles. The fourth-order valence-corrected chi connectivity index (χ4v) is 2.45. The van der Waals surface area contributed by atoms with Crippen molar-refractivity contribution in [1.82, 2.24) is 5.32 Å². The largest absolute Gasteiger partial charge is 0.395 e. The van der Waals surface area contributed by atoms with Gasteiger partial charge in [-0.2, -0.15) is 0 Å². The highest BCUT2D eigenvalue weighted by molar-refractivity contribution is 5.75. The fourth-order valence-electron chi connectivity index (χ4n) is 2.45. The highest BCUT2D eigenvalue weighted by Crippen LogP contribution is 2.11. The number of aliphatic hydroxyl groups is 1. The number of carbonyl (C=O) groups excluding carboxylic acids is 1. The third-order valence-electron chi connectivity index (χ3n) is 3.80. The smallest absolute Gasteiger partial charge is 0.220 e. The number of hydrogen-bond acceptors (Lipinski definition) is 2. The first-order valence-corrected chi connectivity index (χ1v) is 9.48. The molecule has 3 heteroatoms. The van der Waals surface area contributed by atoms with Gasteiger partial charge in [-0.25, -0.2) is 0 Å². The minimum absolute atomic E-state index is 0.0252. The summed E-state index contributed by atoms with van der Waals surface area (Å²) in [6, 6.07) is 0. The lowest BCUT2D eigenvalue weighted by molar-refractivity contribution is -0.121. The summed E-state index contributed by atoms with van der Waals surface area (Å²) in [5.74, 6) is 0.0669. The SMILES string of the molecule is CC/C=C\C/C=C\CCCCCCCCCCC(=O)NCCO. The molecule has 0 heterocycles. The molecule has 0 rings (SSSR count). The molecule has 0 atom stereocenters. The van der Waals surface area contributed by atoms with Gasteiger partial charge in [0.25, 0.3) is 0 Å². The van der Waals surface area contributed by atoms with Crippen molar-refractivity contribution in [3.05, 3.63) is 24.3 Å². The van der Waals surface area contributed by atoms with Gasteiger partial charge in [-0.15, -0.1) is 0 Å². The number of rotatable bonds is 16. The molecule has 0 aliphatic rings. The van der Waals surface area contributed by atoms with E-state index >= 15 is 0 Å². The lowest BCUT2D eigenvalue weighted by atomic mass is 10.1. The Hall–Kier alpha value is -1.09. The molecule has 0 aliphatic carbocycles. The van der Waals surface area contributed by atoms with Crippen LogP contribution in [0.5, 0.6) is 0 Å². The summed E-state index contributed by atoms with van der Waals surface area (Å²) in [6.07, 6.45) is 22.9. The molecular formula is C20H37NO2. The Kier molecular flexibility index (Phi) is 18.1. The summed E-state index contributed by atoms with van der Waals surface area (Å²) in [6.45, 7) is 2.57. The summed E-state index contributed by atoms with van der Waals surface area (Å²) < 4.78 is 0. The van der Waals surface area contributed by atoms with Gasteiger partial charge < -0.3 is 10.4 Å². The van der Waals surface area contributed by atoms with E-state index in [-0.39, 0.29) is 12.5 Å². The first-order valence-electron chi connectivity index (χ1n) is 9.48. The maximum Gasteiger partial charge on any atom is 0.220 e. The second-order valence-electron chi connectivity index (χ2n) is 6.03. The molecule has 1 amide bonds. The topological polar surface area (TPSA) is 49.3 Å². The van der Waals surface area contributed by atoms with Crippen molar-refractivity contribution in [2.24, 2.45) is 0 Å². The Morgan fingerprint density at radius 1 is 0.870 bits per heavy atom. The van der Waals surface area contributed by atoms with Crippen molar-refractivity contribution in [3.8, 4) is 0 Å². The second-order valence-corrected chi connectivity index (χ2v) is 6.03. The minimum atomic E-state index is 0.0252. The number of unbranched alkanes of at least 4 members (excludes halogenated alkanes) is 8. The predicted octanol–water partition coefficient (Wildman–Crippen LogP) is 4.91. The molecule has 0 aromatic carbocycles. The van der Waals surface area contributed by atoms with Crippen LogP contribution in [0.2, 0.25) is 0 Å². The summed E-state index contributed by atoms with van der Waals surface area (Å²) in [7, 11) is 0. The summed E-state index contributed by atoms with van der Waals surface area (Å²) in [5, 5.41) is 11.3. The van der Waals surface area contributed by atoms with E-state index in [0.717, 1.165) is 25.7 Å². The average Bonchev–Trinajstić information content (AvgIpc) is 2.56. The lowest BCUT2D eigenvalue weighted by Gasteiger charge is -2.03. The summed E-state index contributed by atoms with van der Waals surface area (Å²) >= 11 is 0. The molecule has 134 valence electrons. The molecule has 2 N–H and O–H groups in total. The van der Waals surface area contributed by atoms with Gasteiger partial charge in [-0.3, -0.25) is 4.79 Å². The van der Waals surface area contributed by atoms with Gasteiger partial charge in [0.15, 0.2) is 0 Å². The van der Waals surface area contributed by atoms with Crippen LogP contribution in [-0.2, 0) is 4.79 Å². The van der Waals surface area contributed by atoms with Crippen LogP contribution in [0.4, 0.5) is 0 Å². The highest BCUT2D eigenvalue weighted by atomic mass is 16.3. The van der Waals surface area contributed by atoms with Gasteiger partial charge in [-0.1, -0.05) is 69.8 Å². The van der Waals surface area contributed by atoms with Crippen LogP contribution in [0.1, 0.15) is 84.0 Å². The maximum atomic E-state index is 11.3. The molecule has 0 radical (unpaired) electrons. The van der Waals surface area contributed by atoms with Crippen LogP contribution in [-0.4, -0.2) is 24.2 Å². The van der Waals surface area contributed by atoms with E-state index in [1.165, 1.54) is 44.9 Å². The Morgan fingerprint density at radius 2 is 1.48 bits per heavy atom. The maximum absolute atomic E-state index is 11.3. The van der Waals surface area contributed by atoms with Gasteiger partial charge in [0.1, 0.15) is 0 Å². The lowest BCUT2D eigenvalue weighted by Crippen LogP contribution is -2.25. The number of amides is 1. The van der Waals surface area contributed by atoms with E-state index in [2.05, 4.69) is 36.5 Å². The van der Waals surface area contributed by atoms with Crippen molar-refractivity contribution in [2.45, 2.75) is 84.0 Å². The summed E-state index contributed by atoms with van der Waals surface area (Å²) in [5.41, 5.74) is 0. The van der Waals surface area contributed by atoms with E-state index < -0.39 is 0 Å². The number of aliphatic hydroxyl groups excluding tert-OH is 1. The van der Waals surface area contributed by atoms with Crippen molar-refractivity contribution < 1.29 is 9.90 Å². The number of carbonyl (C=O) groups is 1. The molecule has 0 unspecified atom stereocenters. The second kappa shape index (κ2) is 19.0. The zero-order valence-electron chi connectivity index (χ0n) is 15.1.